The van der Waals surface area contributed by atoms with Crippen LogP contribution in [0.4, 0.5) is 5.00 Å². The molecule has 162 valence electrons. The van der Waals surface area contributed by atoms with Gasteiger partial charge in [-0.15, -0.1) is 11.3 Å². The van der Waals surface area contributed by atoms with Crippen molar-refractivity contribution in [3.63, 3.8) is 0 Å². The molecule has 1 amide bonds. The molecule has 0 atom stereocenters. The summed E-state index contributed by atoms with van der Waals surface area (Å²) in [6.45, 7) is 4.94. The Morgan fingerprint density at radius 1 is 1.13 bits per heavy atom. The zero-order valence-electron chi connectivity index (χ0n) is 17.1. The Morgan fingerprint density at radius 2 is 1.80 bits per heavy atom. The van der Waals surface area contributed by atoms with Crippen molar-refractivity contribution in [2.75, 3.05) is 25.0 Å². The molecule has 3 rings (SSSR count). The number of carbonyl (C=O) groups excluding carboxylic acids is 2. The fraction of sp³-hybridized carbons (Fsp3) is 0.429. The van der Waals surface area contributed by atoms with Crippen LogP contribution in [-0.4, -0.2) is 44.3 Å². The monoisotopic (exact) mass is 450 g/mol. The molecular weight excluding hydrogens is 424 g/mol. The van der Waals surface area contributed by atoms with Crippen LogP contribution in [0.1, 0.15) is 47.0 Å². The number of nitrogens with one attached hydrogen (secondary N) is 1. The number of ether oxygens (including phenoxy) is 1. The topological polar surface area (TPSA) is 92.8 Å². The zero-order chi connectivity index (χ0) is 21.7. The van der Waals surface area contributed by atoms with Crippen LogP contribution in [0.3, 0.4) is 0 Å². The number of sulfonamides is 1. The molecular formula is C21H26N2O5S2. The first-order chi connectivity index (χ1) is 14.3. The smallest absolute Gasteiger partial charge is 0.348 e. The lowest BCUT2D eigenvalue weighted by Gasteiger charge is -2.25. The second-order valence-electron chi connectivity index (χ2n) is 7.18. The van der Waals surface area contributed by atoms with E-state index in [0.717, 1.165) is 24.8 Å². The summed E-state index contributed by atoms with van der Waals surface area (Å²) in [5.41, 5.74) is 1.46. The normalized spacial score (nSPS) is 15.0. The number of esters is 1. The Bertz CT molecular complexity index is 1010. The van der Waals surface area contributed by atoms with Crippen molar-refractivity contribution in [1.82, 2.24) is 4.31 Å². The highest BCUT2D eigenvalue weighted by atomic mass is 32.2. The first kappa shape index (κ1) is 22.5. The van der Waals surface area contributed by atoms with Gasteiger partial charge in [0.1, 0.15) is 4.88 Å². The zero-order valence-corrected chi connectivity index (χ0v) is 18.8. The number of benzene rings is 1. The number of thiophene rings is 1. The Balaban J connectivity index is 1.62. The highest BCUT2D eigenvalue weighted by molar-refractivity contribution is 7.89. The number of nitrogens with zero attached hydrogens (tertiary/aromatic N) is 1. The number of hydrogen-bond donors (Lipinski definition) is 1. The van der Waals surface area contributed by atoms with E-state index >= 15 is 0 Å². The predicted molar refractivity (Wildman–Crippen MR) is 116 cm³/mol. The van der Waals surface area contributed by atoms with E-state index in [4.69, 9.17) is 4.74 Å². The largest absolute Gasteiger partial charge is 0.462 e. The maximum Gasteiger partial charge on any atom is 0.348 e. The highest BCUT2D eigenvalue weighted by Crippen LogP contribution is 2.27. The minimum Gasteiger partial charge on any atom is -0.462 e. The quantitative estimate of drug-likeness (QED) is 0.651. The van der Waals surface area contributed by atoms with Gasteiger partial charge < -0.3 is 10.1 Å². The summed E-state index contributed by atoms with van der Waals surface area (Å²) in [5.74, 6) is -0.635. The summed E-state index contributed by atoms with van der Waals surface area (Å²) < 4.78 is 32.0. The lowest BCUT2D eigenvalue weighted by atomic mass is 10.1. The van der Waals surface area contributed by atoms with Crippen LogP contribution in [0.5, 0.6) is 0 Å². The number of carbonyl (C=O) groups is 2. The minimum atomic E-state index is -3.48. The van der Waals surface area contributed by atoms with Crippen LogP contribution in [0.15, 0.2) is 35.2 Å². The average Bonchev–Trinajstić information content (AvgIpc) is 3.09. The van der Waals surface area contributed by atoms with Crippen molar-refractivity contribution in [3.8, 4) is 0 Å². The number of rotatable bonds is 7. The maximum atomic E-state index is 12.7. The maximum absolute atomic E-state index is 12.7. The first-order valence-corrected chi connectivity index (χ1v) is 12.2. The van der Waals surface area contributed by atoms with E-state index in [1.54, 1.807) is 44.2 Å². The molecule has 1 N–H and O–H groups in total. The molecule has 1 aromatic carbocycles. The predicted octanol–water partition coefficient (Wildman–Crippen LogP) is 3.59. The van der Waals surface area contributed by atoms with Crippen LogP contribution >= 0.6 is 11.3 Å². The van der Waals surface area contributed by atoms with Gasteiger partial charge in [0.05, 0.1) is 22.9 Å². The number of hydrogen-bond acceptors (Lipinski definition) is 6. The first-order valence-electron chi connectivity index (χ1n) is 9.97. The Hall–Kier alpha value is -2.23. The van der Waals surface area contributed by atoms with Crippen LogP contribution in [0, 0.1) is 6.92 Å². The molecule has 0 radical (unpaired) electrons. The molecule has 1 saturated heterocycles. The summed E-state index contributed by atoms with van der Waals surface area (Å²) in [7, 11) is -3.48. The Morgan fingerprint density at radius 3 is 2.43 bits per heavy atom. The summed E-state index contributed by atoms with van der Waals surface area (Å²) >= 11 is 1.18. The van der Waals surface area contributed by atoms with Crippen LogP contribution in [0.2, 0.25) is 0 Å². The molecule has 9 heteroatoms. The second kappa shape index (κ2) is 9.72. The van der Waals surface area contributed by atoms with Gasteiger partial charge >= 0.3 is 5.97 Å². The third-order valence-corrected chi connectivity index (χ3v) is 7.93. The van der Waals surface area contributed by atoms with Gasteiger partial charge in [-0.25, -0.2) is 13.2 Å². The molecule has 0 aliphatic carbocycles. The molecule has 1 aliphatic rings. The molecule has 2 heterocycles. The number of amides is 1. The standard InChI is InChI=1S/C21H26N2O5S2/c1-3-28-21(25)20-15(2)13-19(29-20)22-18(24)14-16-7-9-17(10-8-16)30(26,27)23-11-5-4-6-12-23/h7-10,13H,3-6,11-12,14H2,1-2H3,(H,22,24). The molecule has 2 aromatic rings. The number of aryl methyl sites for hydroxylation is 1. The molecule has 7 nitrogen and oxygen atoms in total. The van der Waals surface area contributed by atoms with E-state index in [2.05, 4.69) is 5.32 Å². The molecule has 0 bridgehead atoms. The Kier molecular flexibility index (Phi) is 7.27. The van der Waals surface area contributed by atoms with Crippen molar-refractivity contribution >= 4 is 38.2 Å². The summed E-state index contributed by atoms with van der Waals surface area (Å²) in [6, 6.07) is 8.19. The Labute approximate surface area is 181 Å². The van der Waals surface area contributed by atoms with Crippen molar-refractivity contribution in [2.45, 2.75) is 44.4 Å². The van der Waals surface area contributed by atoms with Crippen molar-refractivity contribution < 1.29 is 22.7 Å². The van der Waals surface area contributed by atoms with E-state index in [-0.39, 0.29) is 17.2 Å². The average molecular weight is 451 g/mol. The third kappa shape index (κ3) is 5.27. The van der Waals surface area contributed by atoms with Crippen molar-refractivity contribution in [2.24, 2.45) is 0 Å². The summed E-state index contributed by atoms with van der Waals surface area (Å²) in [4.78, 5) is 25.0. The van der Waals surface area contributed by atoms with Gasteiger partial charge in [-0.05, 0) is 56.0 Å². The number of piperidine rings is 1. The molecule has 1 aliphatic heterocycles. The summed E-state index contributed by atoms with van der Waals surface area (Å²) in [6.07, 6.45) is 2.94. The van der Waals surface area contributed by atoms with Crippen LogP contribution < -0.4 is 5.32 Å². The fourth-order valence-electron chi connectivity index (χ4n) is 3.34. The minimum absolute atomic E-state index is 0.107. The number of anilines is 1. The van der Waals surface area contributed by atoms with E-state index < -0.39 is 16.0 Å². The molecule has 1 aromatic heterocycles. The van der Waals surface area contributed by atoms with Gasteiger partial charge in [0.25, 0.3) is 0 Å². The molecule has 0 saturated carbocycles. The molecule has 0 spiro atoms. The van der Waals surface area contributed by atoms with Gasteiger partial charge in [-0.1, -0.05) is 18.6 Å². The van der Waals surface area contributed by atoms with E-state index in [1.807, 2.05) is 0 Å². The molecule has 1 fully saturated rings. The third-order valence-electron chi connectivity index (χ3n) is 4.88. The van der Waals surface area contributed by atoms with Gasteiger partial charge in [-0.2, -0.15) is 4.31 Å². The van der Waals surface area contributed by atoms with E-state index in [9.17, 15) is 18.0 Å². The molecule has 0 unspecified atom stereocenters. The summed E-state index contributed by atoms with van der Waals surface area (Å²) in [5, 5.41) is 3.36. The van der Waals surface area contributed by atoms with Crippen molar-refractivity contribution in [1.29, 1.82) is 0 Å². The van der Waals surface area contributed by atoms with Crippen molar-refractivity contribution in [3.05, 3.63) is 46.3 Å². The van der Waals surface area contributed by atoms with Crippen LogP contribution in [-0.2, 0) is 26.0 Å². The van der Waals surface area contributed by atoms with E-state index in [0.29, 0.717) is 35.1 Å². The highest BCUT2D eigenvalue weighted by Gasteiger charge is 2.25. The van der Waals surface area contributed by atoms with E-state index in [1.165, 1.54) is 15.6 Å². The fourth-order valence-corrected chi connectivity index (χ4v) is 5.84. The second-order valence-corrected chi connectivity index (χ2v) is 10.2. The van der Waals surface area contributed by atoms with Gasteiger partial charge in [0, 0.05) is 13.1 Å². The molecule has 30 heavy (non-hydrogen) atoms. The SMILES string of the molecule is CCOC(=O)c1sc(NC(=O)Cc2ccc(S(=O)(=O)N3CCCCC3)cc2)cc1C. The lowest BCUT2D eigenvalue weighted by Crippen LogP contribution is -2.35. The lowest BCUT2D eigenvalue weighted by molar-refractivity contribution is -0.115. The van der Waals surface area contributed by atoms with Gasteiger partial charge in [-0.3, -0.25) is 4.79 Å². The van der Waals surface area contributed by atoms with Crippen LogP contribution in [0.25, 0.3) is 0 Å². The van der Waals surface area contributed by atoms with Gasteiger partial charge in [0.15, 0.2) is 0 Å². The van der Waals surface area contributed by atoms with Gasteiger partial charge in [0.2, 0.25) is 15.9 Å².